The molecule has 0 fully saturated rings. The fourth-order valence-corrected chi connectivity index (χ4v) is 0.529. The molecule has 1 heteroatoms. The van der Waals surface area contributed by atoms with Crippen molar-refractivity contribution < 1.29 is 0 Å². The summed E-state index contributed by atoms with van der Waals surface area (Å²) in [4.78, 5) is 0. The standard InChI is InChI=1S/C9H15N/c1-4-7-10-8-5-6-9(2)3/h4-6,10H,1-2,7-8H2,3H3/b6-5+. The predicted molar refractivity (Wildman–Crippen MR) is 47.0 cm³/mol. The Morgan fingerprint density at radius 3 is 2.70 bits per heavy atom. The van der Waals surface area contributed by atoms with Gasteiger partial charge in [-0.2, -0.15) is 0 Å². The van der Waals surface area contributed by atoms with Crippen molar-refractivity contribution in [1.29, 1.82) is 0 Å². The third-order valence-electron chi connectivity index (χ3n) is 0.953. The van der Waals surface area contributed by atoms with Gasteiger partial charge in [-0.3, -0.25) is 0 Å². The van der Waals surface area contributed by atoms with Crippen LogP contribution in [0.4, 0.5) is 0 Å². The van der Waals surface area contributed by atoms with Crippen molar-refractivity contribution >= 4 is 0 Å². The number of nitrogens with one attached hydrogen (secondary N) is 1. The summed E-state index contributed by atoms with van der Waals surface area (Å²) in [6.07, 6.45) is 5.89. The summed E-state index contributed by atoms with van der Waals surface area (Å²) >= 11 is 0. The second-order valence-corrected chi connectivity index (χ2v) is 2.20. The van der Waals surface area contributed by atoms with Crippen LogP contribution < -0.4 is 5.32 Å². The third kappa shape index (κ3) is 7.18. The van der Waals surface area contributed by atoms with Gasteiger partial charge in [-0.1, -0.05) is 30.4 Å². The van der Waals surface area contributed by atoms with Crippen LogP contribution in [-0.2, 0) is 0 Å². The zero-order chi connectivity index (χ0) is 7.82. The Morgan fingerprint density at radius 1 is 1.50 bits per heavy atom. The number of rotatable bonds is 5. The van der Waals surface area contributed by atoms with Crippen molar-refractivity contribution in [1.82, 2.24) is 5.32 Å². The van der Waals surface area contributed by atoms with Gasteiger partial charge in [0.2, 0.25) is 0 Å². The molecule has 0 aromatic heterocycles. The summed E-state index contributed by atoms with van der Waals surface area (Å²) < 4.78 is 0. The fourth-order valence-electron chi connectivity index (χ4n) is 0.529. The van der Waals surface area contributed by atoms with E-state index in [1.54, 1.807) is 0 Å². The summed E-state index contributed by atoms with van der Waals surface area (Å²) in [7, 11) is 0. The van der Waals surface area contributed by atoms with Crippen LogP contribution in [0.3, 0.4) is 0 Å². The maximum atomic E-state index is 3.74. The van der Waals surface area contributed by atoms with Crippen LogP contribution in [0.2, 0.25) is 0 Å². The van der Waals surface area contributed by atoms with Crippen molar-refractivity contribution in [3.05, 3.63) is 37.0 Å². The highest BCUT2D eigenvalue weighted by atomic mass is 14.8. The summed E-state index contributed by atoms with van der Waals surface area (Å²) in [6, 6.07) is 0. The zero-order valence-corrected chi connectivity index (χ0v) is 6.56. The largest absolute Gasteiger partial charge is 0.310 e. The third-order valence-corrected chi connectivity index (χ3v) is 0.953. The monoisotopic (exact) mass is 137 g/mol. The van der Waals surface area contributed by atoms with E-state index in [4.69, 9.17) is 0 Å². The maximum absolute atomic E-state index is 3.74. The summed E-state index contributed by atoms with van der Waals surface area (Å²) in [6.45, 7) is 11.1. The molecular weight excluding hydrogens is 122 g/mol. The molecule has 0 aromatic carbocycles. The molecule has 0 aliphatic carbocycles. The average molecular weight is 137 g/mol. The normalized spacial score (nSPS) is 10.1. The molecule has 0 spiro atoms. The molecule has 0 saturated carbocycles. The van der Waals surface area contributed by atoms with Gasteiger partial charge in [-0.25, -0.2) is 0 Å². The van der Waals surface area contributed by atoms with E-state index in [0.717, 1.165) is 18.7 Å². The van der Waals surface area contributed by atoms with E-state index < -0.39 is 0 Å². The molecule has 0 atom stereocenters. The summed E-state index contributed by atoms with van der Waals surface area (Å²) in [5.74, 6) is 0. The van der Waals surface area contributed by atoms with Crippen LogP contribution in [0.5, 0.6) is 0 Å². The summed E-state index contributed by atoms with van der Waals surface area (Å²) in [5, 5.41) is 3.14. The highest BCUT2D eigenvalue weighted by molar-refractivity contribution is 5.11. The Balaban J connectivity index is 3.18. The number of hydrogen-bond acceptors (Lipinski definition) is 1. The summed E-state index contributed by atoms with van der Waals surface area (Å²) in [5.41, 5.74) is 1.08. The lowest BCUT2D eigenvalue weighted by molar-refractivity contribution is 0.844. The maximum Gasteiger partial charge on any atom is 0.0141 e. The van der Waals surface area contributed by atoms with Crippen molar-refractivity contribution in [2.75, 3.05) is 13.1 Å². The first-order valence-corrected chi connectivity index (χ1v) is 3.41. The van der Waals surface area contributed by atoms with E-state index >= 15 is 0 Å². The average Bonchev–Trinajstić information content (AvgIpc) is 1.87. The molecule has 0 saturated heterocycles. The van der Waals surface area contributed by atoms with Crippen LogP contribution in [0.1, 0.15) is 6.92 Å². The van der Waals surface area contributed by atoms with E-state index in [9.17, 15) is 0 Å². The molecule has 0 unspecified atom stereocenters. The Bertz CT molecular complexity index is 134. The van der Waals surface area contributed by atoms with E-state index in [2.05, 4.69) is 18.5 Å². The van der Waals surface area contributed by atoms with Crippen LogP contribution in [0.15, 0.2) is 37.0 Å². The molecule has 0 aliphatic rings. The predicted octanol–water partition coefficient (Wildman–Crippen LogP) is 1.89. The Labute approximate surface area is 63.1 Å². The molecule has 0 amide bonds. The minimum atomic E-state index is 0.862. The van der Waals surface area contributed by atoms with E-state index in [1.165, 1.54) is 0 Å². The fraction of sp³-hybridized carbons (Fsp3) is 0.333. The molecule has 1 N–H and O–H groups in total. The van der Waals surface area contributed by atoms with Gasteiger partial charge in [-0.15, -0.1) is 6.58 Å². The van der Waals surface area contributed by atoms with E-state index in [0.29, 0.717) is 0 Å². The number of allylic oxidation sites excluding steroid dienone is 2. The minimum absolute atomic E-state index is 0.862. The van der Waals surface area contributed by atoms with Gasteiger partial charge >= 0.3 is 0 Å². The first-order chi connectivity index (χ1) is 4.77. The lowest BCUT2D eigenvalue weighted by Crippen LogP contribution is -2.12. The molecule has 0 heterocycles. The highest BCUT2D eigenvalue weighted by Crippen LogP contribution is 1.86. The lowest BCUT2D eigenvalue weighted by Gasteiger charge is -1.92. The smallest absolute Gasteiger partial charge is 0.0141 e. The van der Waals surface area contributed by atoms with Gasteiger partial charge in [0, 0.05) is 13.1 Å². The van der Waals surface area contributed by atoms with Crippen LogP contribution in [0, 0.1) is 0 Å². The van der Waals surface area contributed by atoms with Gasteiger partial charge in [0.05, 0.1) is 0 Å². The quantitative estimate of drug-likeness (QED) is 0.346. The molecule has 10 heavy (non-hydrogen) atoms. The molecule has 0 rings (SSSR count). The van der Waals surface area contributed by atoms with E-state index in [1.807, 2.05) is 25.2 Å². The van der Waals surface area contributed by atoms with Crippen LogP contribution in [0.25, 0.3) is 0 Å². The van der Waals surface area contributed by atoms with Gasteiger partial charge in [0.1, 0.15) is 0 Å². The molecule has 56 valence electrons. The van der Waals surface area contributed by atoms with Gasteiger partial charge in [-0.05, 0) is 6.92 Å². The molecule has 0 aliphatic heterocycles. The second kappa shape index (κ2) is 6.30. The van der Waals surface area contributed by atoms with E-state index in [-0.39, 0.29) is 0 Å². The van der Waals surface area contributed by atoms with Gasteiger partial charge < -0.3 is 5.32 Å². The zero-order valence-electron chi connectivity index (χ0n) is 6.56. The van der Waals surface area contributed by atoms with Gasteiger partial charge in [0.25, 0.3) is 0 Å². The van der Waals surface area contributed by atoms with Crippen molar-refractivity contribution in [3.63, 3.8) is 0 Å². The Hall–Kier alpha value is -0.820. The first kappa shape index (κ1) is 9.18. The van der Waals surface area contributed by atoms with Crippen molar-refractivity contribution in [2.45, 2.75) is 6.92 Å². The van der Waals surface area contributed by atoms with Gasteiger partial charge in [0.15, 0.2) is 0 Å². The topological polar surface area (TPSA) is 12.0 Å². The first-order valence-electron chi connectivity index (χ1n) is 3.41. The lowest BCUT2D eigenvalue weighted by atomic mass is 10.3. The Kier molecular flexibility index (Phi) is 5.79. The second-order valence-electron chi connectivity index (χ2n) is 2.20. The SMILES string of the molecule is C=CCNC/C=C/C(=C)C. The van der Waals surface area contributed by atoms with Crippen LogP contribution in [-0.4, -0.2) is 13.1 Å². The van der Waals surface area contributed by atoms with Crippen molar-refractivity contribution in [3.8, 4) is 0 Å². The highest BCUT2D eigenvalue weighted by Gasteiger charge is 1.75. The molecule has 0 bridgehead atoms. The Morgan fingerprint density at radius 2 is 2.20 bits per heavy atom. The minimum Gasteiger partial charge on any atom is -0.310 e. The number of hydrogen-bond donors (Lipinski definition) is 1. The molecule has 0 radical (unpaired) electrons. The molecular formula is C9H15N. The van der Waals surface area contributed by atoms with Crippen molar-refractivity contribution in [2.24, 2.45) is 0 Å². The molecule has 1 nitrogen and oxygen atoms in total. The molecule has 0 aromatic rings. The van der Waals surface area contributed by atoms with Crippen LogP contribution >= 0.6 is 0 Å².